The maximum absolute atomic E-state index is 12.6. The zero-order valence-corrected chi connectivity index (χ0v) is 14.6. The van der Waals surface area contributed by atoms with Gasteiger partial charge in [-0.1, -0.05) is 46.6 Å². The number of nitrogens with zero attached hydrogens (tertiary/aromatic N) is 1. The van der Waals surface area contributed by atoms with Crippen LogP contribution in [0, 0.1) is 0 Å². The van der Waals surface area contributed by atoms with Crippen molar-refractivity contribution in [3.63, 3.8) is 0 Å². The molecule has 0 N–H and O–H groups in total. The Hall–Kier alpha value is -1.17. The van der Waals surface area contributed by atoms with Gasteiger partial charge in [0, 0.05) is 17.6 Å². The van der Waals surface area contributed by atoms with Crippen LogP contribution >= 0.6 is 15.9 Å². The predicted molar refractivity (Wildman–Crippen MR) is 92.2 cm³/mol. The number of rotatable bonds is 3. The van der Waals surface area contributed by atoms with Gasteiger partial charge < -0.3 is 0 Å². The maximum Gasteiger partial charge on any atom is 0.243 e. The molecular formula is C17H18BrNO2S. The monoisotopic (exact) mass is 379 g/mol. The van der Waals surface area contributed by atoms with Crippen LogP contribution in [0.2, 0.25) is 0 Å². The van der Waals surface area contributed by atoms with Gasteiger partial charge in [-0.15, -0.1) is 0 Å². The Bertz CT molecular complexity index is 733. The van der Waals surface area contributed by atoms with Crippen molar-refractivity contribution in [2.24, 2.45) is 0 Å². The van der Waals surface area contributed by atoms with Crippen molar-refractivity contribution in [3.05, 3.63) is 53.0 Å². The highest BCUT2D eigenvalue weighted by Crippen LogP contribution is 2.25. The number of sulfonamides is 1. The molecule has 1 aliphatic rings. The van der Waals surface area contributed by atoms with E-state index in [4.69, 9.17) is 0 Å². The van der Waals surface area contributed by atoms with Gasteiger partial charge in [-0.2, -0.15) is 4.31 Å². The van der Waals surface area contributed by atoms with Gasteiger partial charge in [0.15, 0.2) is 0 Å². The van der Waals surface area contributed by atoms with E-state index in [0.717, 1.165) is 34.9 Å². The van der Waals surface area contributed by atoms with Crippen molar-refractivity contribution in [2.45, 2.75) is 24.2 Å². The molecule has 0 spiro atoms. The minimum Gasteiger partial charge on any atom is -0.207 e. The highest BCUT2D eigenvalue weighted by molar-refractivity contribution is 9.10. The first kappa shape index (κ1) is 15.7. The summed E-state index contributed by atoms with van der Waals surface area (Å²) in [5.74, 6) is 0. The molecule has 0 unspecified atom stereocenters. The van der Waals surface area contributed by atoms with E-state index < -0.39 is 10.0 Å². The van der Waals surface area contributed by atoms with Gasteiger partial charge in [-0.3, -0.25) is 0 Å². The number of hydrogen-bond acceptors (Lipinski definition) is 2. The van der Waals surface area contributed by atoms with Gasteiger partial charge in [0.05, 0.1) is 4.90 Å². The van der Waals surface area contributed by atoms with E-state index in [2.05, 4.69) is 15.9 Å². The lowest BCUT2D eigenvalue weighted by Crippen LogP contribution is -2.35. The molecule has 3 nitrogen and oxygen atoms in total. The van der Waals surface area contributed by atoms with Gasteiger partial charge in [0.25, 0.3) is 0 Å². The highest BCUT2D eigenvalue weighted by atomic mass is 79.9. The average molecular weight is 380 g/mol. The van der Waals surface area contributed by atoms with E-state index in [-0.39, 0.29) is 0 Å². The number of piperidine rings is 1. The molecule has 116 valence electrons. The molecule has 22 heavy (non-hydrogen) atoms. The van der Waals surface area contributed by atoms with E-state index in [1.165, 1.54) is 0 Å². The summed E-state index contributed by atoms with van der Waals surface area (Å²) >= 11 is 3.41. The first-order chi connectivity index (χ1) is 10.6. The Balaban J connectivity index is 1.86. The van der Waals surface area contributed by atoms with E-state index in [1.54, 1.807) is 16.4 Å². The first-order valence-electron chi connectivity index (χ1n) is 7.43. The van der Waals surface area contributed by atoms with Crippen LogP contribution in [-0.4, -0.2) is 25.8 Å². The summed E-state index contributed by atoms with van der Waals surface area (Å²) in [6.07, 6.45) is 3.03. The minimum atomic E-state index is -3.34. The molecule has 1 saturated heterocycles. The molecule has 0 aromatic heterocycles. The Morgan fingerprint density at radius 2 is 1.27 bits per heavy atom. The third-order valence-corrected chi connectivity index (χ3v) is 6.43. The van der Waals surface area contributed by atoms with Crippen LogP contribution in [0.25, 0.3) is 11.1 Å². The summed E-state index contributed by atoms with van der Waals surface area (Å²) in [4.78, 5) is 0.385. The molecule has 0 bridgehead atoms. The fourth-order valence-corrected chi connectivity index (χ4v) is 4.50. The van der Waals surface area contributed by atoms with Gasteiger partial charge in [0.1, 0.15) is 0 Å². The van der Waals surface area contributed by atoms with Crippen LogP contribution in [-0.2, 0) is 10.0 Å². The maximum atomic E-state index is 12.6. The molecule has 3 rings (SSSR count). The van der Waals surface area contributed by atoms with Gasteiger partial charge in [0.2, 0.25) is 10.0 Å². The Morgan fingerprint density at radius 1 is 0.773 bits per heavy atom. The van der Waals surface area contributed by atoms with E-state index in [0.29, 0.717) is 18.0 Å². The van der Waals surface area contributed by atoms with Crippen LogP contribution < -0.4 is 0 Å². The molecule has 0 atom stereocenters. The fraction of sp³-hybridized carbons (Fsp3) is 0.294. The molecule has 2 aromatic carbocycles. The average Bonchev–Trinajstić information content (AvgIpc) is 2.56. The van der Waals surface area contributed by atoms with Crippen LogP contribution in [0.1, 0.15) is 19.3 Å². The lowest BCUT2D eigenvalue weighted by molar-refractivity contribution is 0.346. The van der Waals surface area contributed by atoms with Crippen LogP contribution in [0.3, 0.4) is 0 Å². The molecule has 5 heteroatoms. The molecule has 2 aromatic rings. The summed E-state index contributed by atoms with van der Waals surface area (Å²) in [7, 11) is -3.34. The Kier molecular flexibility index (Phi) is 4.66. The van der Waals surface area contributed by atoms with Gasteiger partial charge in [-0.25, -0.2) is 8.42 Å². The predicted octanol–water partition coefficient (Wildman–Crippen LogP) is 4.29. The first-order valence-corrected chi connectivity index (χ1v) is 9.67. The normalized spacial score (nSPS) is 16.6. The molecule has 1 fully saturated rings. The molecule has 0 amide bonds. The second-order valence-electron chi connectivity index (χ2n) is 5.50. The topological polar surface area (TPSA) is 37.4 Å². The smallest absolute Gasteiger partial charge is 0.207 e. The molecular weight excluding hydrogens is 362 g/mol. The number of benzene rings is 2. The number of halogens is 1. The molecule has 0 radical (unpaired) electrons. The summed E-state index contributed by atoms with van der Waals surface area (Å²) < 4.78 is 27.8. The lowest BCUT2D eigenvalue weighted by atomic mass is 10.1. The SMILES string of the molecule is O=S(=O)(c1ccc(-c2ccc(Br)cc2)cc1)N1CCCCC1. The van der Waals surface area contributed by atoms with Crippen molar-refractivity contribution < 1.29 is 8.42 Å². The molecule has 0 saturated carbocycles. The zero-order chi connectivity index (χ0) is 15.6. The van der Waals surface area contributed by atoms with Crippen molar-refractivity contribution in [1.82, 2.24) is 4.31 Å². The van der Waals surface area contributed by atoms with Crippen LogP contribution in [0.5, 0.6) is 0 Å². The molecule has 0 aliphatic carbocycles. The standard InChI is InChI=1S/C17H18BrNO2S/c18-16-8-4-14(5-9-16)15-6-10-17(11-7-15)22(20,21)19-12-2-1-3-13-19/h4-11H,1-3,12-13H2. The summed E-state index contributed by atoms with van der Waals surface area (Å²) in [5.41, 5.74) is 2.09. The number of hydrogen-bond donors (Lipinski definition) is 0. The summed E-state index contributed by atoms with van der Waals surface area (Å²) in [5, 5.41) is 0. The fourth-order valence-electron chi connectivity index (χ4n) is 2.72. The minimum absolute atomic E-state index is 0.385. The van der Waals surface area contributed by atoms with Crippen LogP contribution in [0.4, 0.5) is 0 Å². The van der Waals surface area contributed by atoms with Crippen molar-refractivity contribution in [2.75, 3.05) is 13.1 Å². The lowest BCUT2D eigenvalue weighted by Gasteiger charge is -2.25. The van der Waals surface area contributed by atoms with Crippen LogP contribution in [0.15, 0.2) is 57.9 Å². The Labute approximate surface area is 140 Å². The van der Waals surface area contributed by atoms with Crippen molar-refractivity contribution in [1.29, 1.82) is 0 Å². The largest absolute Gasteiger partial charge is 0.243 e. The van der Waals surface area contributed by atoms with Crippen molar-refractivity contribution >= 4 is 26.0 Å². The third kappa shape index (κ3) is 3.26. The summed E-state index contributed by atoms with van der Waals surface area (Å²) in [6, 6.07) is 15.2. The second kappa shape index (κ2) is 6.52. The Morgan fingerprint density at radius 3 is 1.82 bits per heavy atom. The quantitative estimate of drug-likeness (QED) is 0.797. The van der Waals surface area contributed by atoms with Gasteiger partial charge >= 0.3 is 0 Å². The molecule has 1 heterocycles. The zero-order valence-electron chi connectivity index (χ0n) is 12.2. The van der Waals surface area contributed by atoms with E-state index in [9.17, 15) is 8.42 Å². The van der Waals surface area contributed by atoms with Gasteiger partial charge in [-0.05, 0) is 48.2 Å². The third-order valence-electron chi connectivity index (χ3n) is 3.98. The second-order valence-corrected chi connectivity index (χ2v) is 8.35. The van der Waals surface area contributed by atoms with Crippen molar-refractivity contribution in [3.8, 4) is 11.1 Å². The molecule has 1 aliphatic heterocycles. The highest BCUT2D eigenvalue weighted by Gasteiger charge is 2.25. The van der Waals surface area contributed by atoms with E-state index >= 15 is 0 Å². The van der Waals surface area contributed by atoms with E-state index in [1.807, 2.05) is 36.4 Å². The summed E-state index contributed by atoms with van der Waals surface area (Å²) in [6.45, 7) is 1.27.